The van der Waals surface area contributed by atoms with Gasteiger partial charge in [0.15, 0.2) is 0 Å². The Hall–Kier alpha value is -0.730. The molecule has 0 amide bonds. The summed E-state index contributed by atoms with van der Waals surface area (Å²) in [6.45, 7) is 2.33. The van der Waals surface area contributed by atoms with Crippen LogP contribution in [0.3, 0.4) is 0 Å². The molecule has 2 fully saturated rings. The van der Waals surface area contributed by atoms with Gasteiger partial charge in [-0.3, -0.25) is 0 Å². The lowest BCUT2D eigenvalue weighted by Crippen LogP contribution is -2.18. The molecular weight excluding hydrogens is 222 g/mol. The molecule has 1 heterocycles. The predicted molar refractivity (Wildman–Crippen MR) is 65.0 cm³/mol. The van der Waals surface area contributed by atoms with Gasteiger partial charge in [-0.1, -0.05) is 17.7 Å². The number of ether oxygens (including phenoxy) is 1. The predicted octanol–water partition coefficient (Wildman–Crippen LogP) is 2.72. The zero-order valence-electron chi connectivity index (χ0n) is 9.16. The monoisotopic (exact) mass is 237 g/mol. The van der Waals surface area contributed by atoms with E-state index in [9.17, 15) is 0 Å². The van der Waals surface area contributed by atoms with Crippen molar-refractivity contribution in [3.8, 4) is 5.75 Å². The smallest absolute Gasteiger partial charge is 0.121 e. The van der Waals surface area contributed by atoms with E-state index in [1.165, 1.54) is 25.9 Å². The van der Waals surface area contributed by atoms with E-state index in [2.05, 4.69) is 5.32 Å². The van der Waals surface area contributed by atoms with Crippen molar-refractivity contribution in [2.24, 2.45) is 11.8 Å². The first-order valence-corrected chi connectivity index (χ1v) is 6.32. The fraction of sp³-hybridized carbons (Fsp3) is 0.538. The lowest BCUT2D eigenvalue weighted by atomic mass is 10.0. The van der Waals surface area contributed by atoms with Crippen molar-refractivity contribution in [3.63, 3.8) is 0 Å². The Labute approximate surface area is 101 Å². The minimum Gasteiger partial charge on any atom is -0.490 e. The molecule has 1 aliphatic heterocycles. The van der Waals surface area contributed by atoms with Crippen LogP contribution < -0.4 is 10.1 Å². The maximum Gasteiger partial charge on any atom is 0.121 e. The highest BCUT2D eigenvalue weighted by molar-refractivity contribution is 6.30. The molecule has 1 aromatic carbocycles. The highest BCUT2D eigenvalue weighted by Crippen LogP contribution is 2.36. The molecule has 0 spiro atoms. The van der Waals surface area contributed by atoms with E-state index in [4.69, 9.17) is 16.3 Å². The second kappa shape index (κ2) is 4.27. The maximum absolute atomic E-state index is 5.98. The first kappa shape index (κ1) is 10.4. The van der Waals surface area contributed by atoms with E-state index >= 15 is 0 Å². The van der Waals surface area contributed by atoms with Crippen LogP contribution in [0.4, 0.5) is 0 Å². The number of fused-ring (bicyclic) bond motifs is 1. The number of nitrogens with one attached hydrogen (secondary N) is 1. The topological polar surface area (TPSA) is 21.3 Å². The molecule has 1 saturated carbocycles. The first-order valence-electron chi connectivity index (χ1n) is 5.94. The average molecular weight is 238 g/mol. The van der Waals surface area contributed by atoms with Crippen molar-refractivity contribution in [2.45, 2.75) is 18.9 Å². The van der Waals surface area contributed by atoms with E-state index in [1.807, 2.05) is 24.3 Å². The van der Waals surface area contributed by atoms with Crippen molar-refractivity contribution >= 4 is 11.6 Å². The number of hydrogen-bond acceptors (Lipinski definition) is 2. The first-order chi connectivity index (χ1) is 7.81. The van der Waals surface area contributed by atoms with Crippen LogP contribution in [0.2, 0.25) is 5.02 Å². The molecule has 2 nitrogen and oxygen atoms in total. The van der Waals surface area contributed by atoms with Gasteiger partial charge in [0, 0.05) is 5.02 Å². The van der Waals surface area contributed by atoms with E-state index in [-0.39, 0.29) is 0 Å². The molecule has 1 saturated heterocycles. The normalized spacial score (nSPS) is 32.7. The molecular formula is C13H16ClNO. The van der Waals surface area contributed by atoms with Crippen LogP contribution in [0.1, 0.15) is 12.8 Å². The Morgan fingerprint density at radius 3 is 2.62 bits per heavy atom. The molecule has 16 heavy (non-hydrogen) atoms. The summed E-state index contributed by atoms with van der Waals surface area (Å²) < 4.78 is 5.98. The molecule has 2 atom stereocenters. The van der Waals surface area contributed by atoms with Gasteiger partial charge in [-0.2, -0.15) is 0 Å². The number of hydrogen-bond donors (Lipinski definition) is 1. The van der Waals surface area contributed by atoms with E-state index in [0.717, 1.165) is 22.6 Å². The second-order valence-corrected chi connectivity index (χ2v) is 5.28. The molecule has 0 radical (unpaired) electrons. The summed E-state index contributed by atoms with van der Waals surface area (Å²) in [4.78, 5) is 0. The summed E-state index contributed by atoms with van der Waals surface area (Å²) in [6.07, 6.45) is 2.75. The standard InChI is InChI=1S/C13H16ClNO/c14-11-2-1-3-12(6-11)16-13-4-9-7-15-8-10(9)5-13/h1-3,6,9-10,13,15H,4-5,7-8H2. The van der Waals surface area contributed by atoms with Crippen LogP contribution in [0.5, 0.6) is 5.75 Å². The number of benzene rings is 1. The fourth-order valence-corrected chi connectivity index (χ4v) is 3.12. The third-order valence-corrected chi connectivity index (χ3v) is 3.94. The van der Waals surface area contributed by atoms with Gasteiger partial charge in [-0.15, -0.1) is 0 Å². The molecule has 1 aromatic rings. The van der Waals surface area contributed by atoms with Crippen LogP contribution >= 0.6 is 11.6 Å². The zero-order chi connectivity index (χ0) is 11.0. The van der Waals surface area contributed by atoms with Crippen LogP contribution in [-0.2, 0) is 0 Å². The van der Waals surface area contributed by atoms with Crippen molar-refractivity contribution < 1.29 is 4.74 Å². The van der Waals surface area contributed by atoms with Gasteiger partial charge >= 0.3 is 0 Å². The summed E-state index contributed by atoms with van der Waals surface area (Å²) >= 11 is 5.94. The lowest BCUT2D eigenvalue weighted by molar-refractivity contribution is 0.199. The molecule has 3 rings (SSSR count). The number of rotatable bonds is 2. The van der Waals surface area contributed by atoms with Gasteiger partial charge in [-0.25, -0.2) is 0 Å². The molecule has 2 aliphatic rings. The van der Waals surface area contributed by atoms with Crippen LogP contribution in [0.25, 0.3) is 0 Å². The SMILES string of the molecule is Clc1cccc(OC2CC3CNCC3C2)c1. The van der Waals surface area contributed by atoms with Crippen molar-refractivity contribution in [1.82, 2.24) is 5.32 Å². The van der Waals surface area contributed by atoms with Gasteiger partial charge in [-0.05, 0) is 56.0 Å². The molecule has 1 aliphatic carbocycles. The van der Waals surface area contributed by atoms with Crippen molar-refractivity contribution in [1.29, 1.82) is 0 Å². The van der Waals surface area contributed by atoms with Gasteiger partial charge in [0.1, 0.15) is 5.75 Å². The zero-order valence-corrected chi connectivity index (χ0v) is 9.91. The Morgan fingerprint density at radius 1 is 1.19 bits per heavy atom. The number of halogens is 1. The summed E-state index contributed by atoms with van der Waals surface area (Å²) in [5, 5.41) is 4.19. The molecule has 3 heteroatoms. The second-order valence-electron chi connectivity index (χ2n) is 4.85. The van der Waals surface area contributed by atoms with Crippen molar-refractivity contribution in [3.05, 3.63) is 29.3 Å². The fourth-order valence-electron chi connectivity index (χ4n) is 2.94. The summed E-state index contributed by atoms with van der Waals surface area (Å²) in [7, 11) is 0. The summed E-state index contributed by atoms with van der Waals surface area (Å²) in [6, 6.07) is 7.70. The Morgan fingerprint density at radius 2 is 1.94 bits per heavy atom. The maximum atomic E-state index is 5.98. The Bertz CT molecular complexity index is 370. The third-order valence-electron chi connectivity index (χ3n) is 3.71. The largest absolute Gasteiger partial charge is 0.490 e. The lowest BCUT2D eigenvalue weighted by Gasteiger charge is -2.14. The van der Waals surface area contributed by atoms with E-state index in [1.54, 1.807) is 0 Å². The van der Waals surface area contributed by atoms with E-state index in [0.29, 0.717) is 6.10 Å². The third kappa shape index (κ3) is 2.04. The molecule has 2 unspecified atom stereocenters. The minimum absolute atomic E-state index is 0.385. The van der Waals surface area contributed by atoms with Gasteiger partial charge in [0.2, 0.25) is 0 Å². The summed E-state index contributed by atoms with van der Waals surface area (Å²) in [5.41, 5.74) is 0. The highest BCUT2D eigenvalue weighted by atomic mass is 35.5. The molecule has 0 bridgehead atoms. The van der Waals surface area contributed by atoms with E-state index < -0.39 is 0 Å². The van der Waals surface area contributed by atoms with Gasteiger partial charge < -0.3 is 10.1 Å². The quantitative estimate of drug-likeness (QED) is 0.854. The minimum atomic E-state index is 0.385. The van der Waals surface area contributed by atoms with Crippen LogP contribution in [0.15, 0.2) is 24.3 Å². The van der Waals surface area contributed by atoms with Gasteiger partial charge in [0.25, 0.3) is 0 Å². The molecule has 0 aromatic heterocycles. The molecule has 86 valence electrons. The van der Waals surface area contributed by atoms with Gasteiger partial charge in [0.05, 0.1) is 6.10 Å². The Kier molecular flexibility index (Phi) is 2.78. The Balaban J connectivity index is 1.64. The van der Waals surface area contributed by atoms with Crippen LogP contribution in [0, 0.1) is 11.8 Å². The highest BCUT2D eigenvalue weighted by Gasteiger charge is 2.38. The van der Waals surface area contributed by atoms with Crippen LogP contribution in [-0.4, -0.2) is 19.2 Å². The van der Waals surface area contributed by atoms with Crippen molar-refractivity contribution in [2.75, 3.05) is 13.1 Å². The molecule has 1 N–H and O–H groups in total. The average Bonchev–Trinajstić information content (AvgIpc) is 2.77. The summed E-state index contributed by atoms with van der Waals surface area (Å²) in [5.74, 6) is 2.55.